The number of hydrogen-bond donors (Lipinski definition) is 1. The number of carbonyl (C=O) groups is 1. The van der Waals surface area contributed by atoms with Gasteiger partial charge in [0.15, 0.2) is 0 Å². The molecule has 2 fully saturated rings. The highest BCUT2D eigenvalue weighted by atomic mass is 16.2. The van der Waals surface area contributed by atoms with Crippen LogP contribution in [0.3, 0.4) is 0 Å². The van der Waals surface area contributed by atoms with Crippen LogP contribution in [-0.2, 0) is 16.8 Å². The Labute approximate surface area is 136 Å². The van der Waals surface area contributed by atoms with E-state index in [4.69, 9.17) is 0 Å². The van der Waals surface area contributed by atoms with Gasteiger partial charge >= 0.3 is 0 Å². The molecule has 120 valence electrons. The largest absolute Gasteiger partial charge is 0.354 e. The van der Waals surface area contributed by atoms with Gasteiger partial charge in [-0.25, -0.2) is 4.98 Å². The van der Waals surface area contributed by atoms with Gasteiger partial charge in [-0.2, -0.15) is 0 Å². The maximum Gasteiger partial charge on any atom is 0.230 e. The van der Waals surface area contributed by atoms with Gasteiger partial charge in [-0.3, -0.25) is 4.79 Å². The molecule has 2 aliphatic rings. The number of benzene rings is 1. The average molecular weight is 309 g/mol. The first-order chi connectivity index (χ1) is 11.2. The minimum absolute atomic E-state index is 0.175. The van der Waals surface area contributed by atoms with Crippen LogP contribution in [0, 0.1) is 6.92 Å². The van der Waals surface area contributed by atoms with E-state index in [1.807, 2.05) is 24.4 Å². The number of aryl methyl sites for hydroxylation is 1. The van der Waals surface area contributed by atoms with E-state index < -0.39 is 0 Å². The van der Waals surface area contributed by atoms with Crippen molar-refractivity contribution in [2.24, 2.45) is 0 Å². The maximum atomic E-state index is 12.6. The van der Waals surface area contributed by atoms with Crippen LogP contribution in [0.1, 0.15) is 48.7 Å². The summed E-state index contributed by atoms with van der Waals surface area (Å²) in [4.78, 5) is 17.2. The van der Waals surface area contributed by atoms with Gasteiger partial charge in [-0.1, -0.05) is 30.3 Å². The van der Waals surface area contributed by atoms with Gasteiger partial charge in [0.05, 0.1) is 5.41 Å². The molecule has 0 radical (unpaired) electrons. The Balaban J connectivity index is 1.38. The van der Waals surface area contributed by atoms with Crippen LogP contribution in [0.5, 0.6) is 0 Å². The fourth-order valence-corrected chi connectivity index (χ4v) is 3.42. The second-order valence-electron chi connectivity index (χ2n) is 6.89. The zero-order valence-corrected chi connectivity index (χ0v) is 13.6. The highest BCUT2D eigenvalue weighted by Gasteiger charge is 2.50. The second kappa shape index (κ2) is 5.52. The summed E-state index contributed by atoms with van der Waals surface area (Å²) in [5.41, 5.74) is 2.06. The predicted molar refractivity (Wildman–Crippen MR) is 89.3 cm³/mol. The molecule has 4 heteroatoms. The first kappa shape index (κ1) is 14.5. The van der Waals surface area contributed by atoms with Crippen LogP contribution in [0.2, 0.25) is 0 Å². The summed E-state index contributed by atoms with van der Waals surface area (Å²) in [6.07, 6.45) is 6.36. The molecule has 1 N–H and O–H groups in total. The van der Waals surface area contributed by atoms with Crippen molar-refractivity contribution in [3.8, 4) is 0 Å². The van der Waals surface area contributed by atoms with Gasteiger partial charge in [-0.05, 0) is 38.2 Å². The molecule has 1 aromatic heterocycles. The van der Waals surface area contributed by atoms with E-state index in [1.54, 1.807) is 0 Å². The Bertz CT molecular complexity index is 711. The van der Waals surface area contributed by atoms with Crippen molar-refractivity contribution in [1.82, 2.24) is 14.9 Å². The molecule has 0 bridgehead atoms. The van der Waals surface area contributed by atoms with Crippen molar-refractivity contribution < 1.29 is 4.79 Å². The third-order valence-corrected chi connectivity index (χ3v) is 5.16. The third-order valence-electron chi connectivity index (χ3n) is 5.16. The predicted octanol–water partition coefficient (Wildman–Crippen LogP) is 2.92. The molecule has 23 heavy (non-hydrogen) atoms. The molecule has 2 saturated carbocycles. The van der Waals surface area contributed by atoms with Crippen LogP contribution in [0.15, 0.2) is 36.5 Å². The van der Waals surface area contributed by atoms with Gasteiger partial charge in [0.1, 0.15) is 5.82 Å². The fraction of sp³-hybridized carbons (Fsp3) is 0.474. The Hall–Kier alpha value is -2.10. The minimum atomic E-state index is -0.273. The summed E-state index contributed by atoms with van der Waals surface area (Å²) in [6.45, 7) is 3.58. The molecular formula is C19H23N3O. The normalized spacial score (nSPS) is 18.7. The first-order valence-electron chi connectivity index (χ1n) is 8.56. The SMILES string of the molecule is Cc1cnc(C2CC2)n1CCNC(=O)C1(c2ccccc2)CC1. The molecule has 4 rings (SSSR count). The van der Waals surface area contributed by atoms with Gasteiger partial charge in [-0.15, -0.1) is 0 Å². The van der Waals surface area contributed by atoms with Crippen molar-refractivity contribution in [3.63, 3.8) is 0 Å². The number of imidazole rings is 1. The lowest BCUT2D eigenvalue weighted by Crippen LogP contribution is -2.36. The maximum absolute atomic E-state index is 12.6. The van der Waals surface area contributed by atoms with Gasteiger partial charge in [0.25, 0.3) is 0 Å². The minimum Gasteiger partial charge on any atom is -0.354 e. The van der Waals surface area contributed by atoms with E-state index in [0.717, 1.165) is 24.9 Å². The topological polar surface area (TPSA) is 46.9 Å². The number of rotatable bonds is 6. The number of aromatic nitrogens is 2. The van der Waals surface area contributed by atoms with E-state index in [-0.39, 0.29) is 11.3 Å². The molecule has 1 aromatic carbocycles. The zero-order chi connectivity index (χ0) is 15.9. The van der Waals surface area contributed by atoms with Crippen LogP contribution < -0.4 is 5.32 Å². The number of nitrogens with zero attached hydrogens (tertiary/aromatic N) is 2. The molecule has 2 aromatic rings. The summed E-state index contributed by atoms with van der Waals surface area (Å²) < 4.78 is 2.26. The van der Waals surface area contributed by atoms with Crippen molar-refractivity contribution in [2.75, 3.05) is 6.54 Å². The number of hydrogen-bond acceptors (Lipinski definition) is 2. The van der Waals surface area contributed by atoms with E-state index >= 15 is 0 Å². The molecule has 2 aliphatic carbocycles. The second-order valence-corrected chi connectivity index (χ2v) is 6.89. The lowest BCUT2D eigenvalue weighted by Gasteiger charge is -2.17. The quantitative estimate of drug-likeness (QED) is 0.892. The molecule has 0 unspecified atom stereocenters. The van der Waals surface area contributed by atoms with Crippen molar-refractivity contribution in [1.29, 1.82) is 0 Å². The molecule has 4 nitrogen and oxygen atoms in total. The zero-order valence-electron chi connectivity index (χ0n) is 13.6. The van der Waals surface area contributed by atoms with E-state index in [2.05, 4.69) is 33.9 Å². The molecule has 1 amide bonds. The Morgan fingerprint density at radius 1 is 1.30 bits per heavy atom. The highest BCUT2D eigenvalue weighted by molar-refractivity contribution is 5.91. The van der Waals surface area contributed by atoms with E-state index in [1.165, 1.54) is 24.4 Å². The molecule has 1 heterocycles. The van der Waals surface area contributed by atoms with Crippen LogP contribution in [0.25, 0.3) is 0 Å². The van der Waals surface area contributed by atoms with Gasteiger partial charge in [0.2, 0.25) is 5.91 Å². The van der Waals surface area contributed by atoms with E-state index in [0.29, 0.717) is 12.5 Å². The smallest absolute Gasteiger partial charge is 0.230 e. The van der Waals surface area contributed by atoms with Crippen LogP contribution >= 0.6 is 0 Å². The number of nitrogens with one attached hydrogen (secondary N) is 1. The highest BCUT2D eigenvalue weighted by Crippen LogP contribution is 2.48. The summed E-state index contributed by atoms with van der Waals surface area (Å²) in [5, 5.41) is 3.15. The lowest BCUT2D eigenvalue weighted by molar-refractivity contribution is -0.123. The van der Waals surface area contributed by atoms with Gasteiger partial charge in [0, 0.05) is 30.9 Å². The Morgan fingerprint density at radius 2 is 2.04 bits per heavy atom. The Morgan fingerprint density at radius 3 is 2.70 bits per heavy atom. The van der Waals surface area contributed by atoms with Crippen molar-refractivity contribution in [2.45, 2.75) is 50.5 Å². The van der Waals surface area contributed by atoms with Crippen molar-refractivity contribution >= 4 is 5.91 Å². The lowest BCUT2D eigenvalue weighted by atomic mass is 9.95. The molecule has 0 aliphatic heterocycles. The molecule has 0 saturated heterocycles. The first-order valence-corrected chi connectivity index (χ1v) is 8.56. The van der Waals surface area contributed by atoms with Crippen LogP contribution in [-0.4, -0.2) is 22.0 Å². The van der Waals surface area contributed by atoms with Gasteiger partial charge < -0.3 is 9.88 Å². The summed E-state index contributed by atoms with van der Waals surface area (Å²) >= 11 is 0. The number of carbonyl (C=O) groups excluding carboxylic acids is 1. The third kappa shape index (κ3) is 2.67. The van der Waals surface area contributed by atoms with Crippen LogP contribution in [0.4, 0.5) is 0 Å². The summed E-state index contributed by atoms with van der Waals surface area (Å²) in [5.74, 6) is 2.01. The fourth-order valence-electron chi connectivity index (χ4n) is 3.42. The Kier molecular flexibility index (Phi) is 3.47. The molecule has 0 atom stereocenters. The monoisotopic (exact) mass is 309 g/mol. The molecule has 0 spiro atoms. The standard InChI is InChI=1S/C19H23N3O/c1-14-13-21-17(15-7-8-15)22(14)12-11-20-18(23)19(9-10-19)16-5-3-2-4-6-16/h2-6,13,15H,7-12H2,1H3,(H,20,23). The average Bonchev–Trinajstić information content (AvgIpc) is 3.48. The van der Waals surface area contributed by atoms with E-state index in [9.17, 15) is 4.79 Å². The number of amides is 1. The van der Waals surface area contributed by atoms with Crippen molar-refractivity contribution in [3.05, 3.63) is 53.6 Å². The summed E-state index contributed by atoms with van der Waals surface area (Å²) in [7, 11) is 0. The summed E-state index contributed by atoms with van der Waals surface area (Å²) in [6, 6.07) is 10.2. The molecular weight excluding hydrogens is 286 g/mol.